The molecule has 0 N–H and O–H groups in total. The monoisotopic (exact) mass is 267 g/mol. The van der Waals surface area contributed by atoms with Crippen molar-refractivity contribution < 1.29 is 18.0 Å². The molecule has 0 saturated heterocycles. The second-order valence-corrected chi connectivity index (χ2v) is 5.18. The van der Waals surface area contributed by atoms with E-state index < -0.39 is 11.9 Å². The molecule has 88 valence electrons. The van der Waals surface area contributed by atoms with Crippen molar-refractivity contribution in [2.75, 3.05) is 5.75 Å². The Morgan fingerprint density at radius 3 is 2.88 bits per heavy atom. The molecule has 0 aliphatic heterocycles. The summed E-state index contributed by atoms with van der Waals surface area (Å²) in [5.41, 5.74) is 0. The molecule has 0 unspecified atom stereocenters. The van der Waals surface area contributed by atoms with Gasteiger partial charge in [-0.1, -0.05) is 11.8 Å². The molecular weight excluding hydrogens is 259 g/mol. The van der Waals surface area contributed by atoms with Crippen LogP contribution in [-0.2, 0) is 11.2 Å². The number of hydrogen-bond donors (Lipinski definition) is 0. The SMILES string of the molecule is O=CCc1cnc(SCCC(F)=C(F)F)s1. The van der Waals surface area contributed by atoms with Gasteiger partial charge in [0.05, 0.1) is 0 Å². The number of aromatic nitrogens is 1. The van der Waals surface area contributed by atoms with E-state index in [-0.39, 0.29) is 12.2 Å². The maximum Gasteiger partial charge on any atom is 0.301 e. The maximum absolute atomic E-state index is 12.4. The molecule has 1 rings (SSSR count). The summed E-state index contributed by atoms with van der Waals surface area (Å²) in [4.78, 5) is 15.0. The van der Waals surface area contributed by atoms with Gasteiger partial charge in [-0.05, 0) is 0 Å². The van der Waals surface area contributed by atoms with Gasteiger partial charge in [0.15, 0.2) is 5.83 Å². The van der Waals surface area contributed by atoms with Crippen LogP contribution in [0.4, 0.5) is 13.2 Å². The zero-order valence-electron chi connectivity index (χ0n) is 8.08. The van der Waals surface area contributed by atoms with Gasteiger partial charge < -0.3 is 4.79 Å². The Kier molecular flexibility index (Phi) is 5.54. The second kappa shape index (κ2) is 6.70. The zero-order valence-corrected chi connectivity index (χ0v) is 9.71. The normalized spacial score (nSPS) is 10.2. The lowest BCUT2D eigenvalue weighted by atomic mass is 10.4. The van der Waals surface area contributed by atoms with E-state index in [1.807, 2.05) is 0 Å². The lowest BCUT2D eigenvalue weighted by Gasteiger charge is -1.94. The number of thiazole rings is 1. The highest BCUT2D eigenvalue weighted by atomic mass is 32.2. The minimum absolute atomic E-state index is 0.206. The van der Waals surface area contributed by atoms with Crippen molar-refractivity contribution in [3.05, 3.63) is 23.0 Å². The summed E-state index contributed by atoms with van der Waals surface area (Å²) in [7, 11) is 0. The fourth-order valence-corrected chi connectivity index (χ4v) is 2.83. The lowest BCUT2D eigenvalue weighted by molar-refractivity contribution is -0.107. The van der Waals surface area contributed by atoms with E-state index in [2.05, 4.69) is 4.98 Å². The molecule has 0 saturated carbocycles. The van der Waals surface area contributed by atoms with Crippen molar-refractivity contribution in [2.45, 2.75) is 17.2 Å². The molecule has 0 aliphatic rings. The quantitative estimate of drug-likeness (QED) is 0.584. The number of hydrogen-bond acceptors (Lipinski definition) is 4. The molecule has 1 aromatic rings. The van der Waals surface area contributed by atoms with Crippen LogP contribution in [0.25, 0.3) is 0 Å². The number of thioether (sulfide) groups is 1. The van der Waals surface area contributed by atoms with Crippen LogP contribution < -0.4 is 0 Å². The summed E-state index contributed by atoms with van der Waals surface area (Å²) in [6, 6.07) is 0. The third-order valence-corrected chi connectivity index (χ3v) is 3.75. The van der Waals surface area contributed by atoms with Crippen molar-refractivity contribution in [1.29, 1.82) is 0 Å². The lowest BCUT2D eigenvalue weighted by Crippen LogP contribution is -1.81. The summed E-state index contributed by atoms with van der Waals surface area (Å²) < 4.78 is 36.5. The first-order valence-electron chi connectivity index (χ1n) is 4.34. The van der Waals surface area contributed by atoms with Crippen molar-refractivity contribution in [3.63, 3.8) is 0 Å². The Bertz CT molecular complexity index is 388. The number of carbonyl (C=O) groups excluding carboxylic acids is 1. The van der Waals surface area contributed by atoms with Crippen LogP contribution in [0.5, 0.6) is 0 Å². The van der Waals surface area contributed by atoms with Gasteiger partial charge in [0.1, 0.15) is 10.6 Å². The summed E-state index contributed by atoms with van der Waals surface area (Å²) in [6.45, 7) is 0. The Labute approximate surface area is 98.6 Å². The van der Waals surface area contributed by atoms with Crippen LogP contribution in [0.3, 0.4) is 0 Å². The molecule has 0 spiro atoms. The van der Waals surface area contributed by atoms with Crippen LogP contribution in [0.1, 0.15) is 11.3 Å². The van der Waals surface area contributed by atoms with E-state index in [1.165, 1.54) is 23.1 Å². The predicted molar refractivity (Wildman–Crippen MR) is 57.6 cm³/mol. The molecule has 0 bridgehead atoms. The van der Waals surface area contributed by atoms with Crippen molar-refractivity contribution >= 4 is 29.4 Å². The smallest absolute Gasteiger partial charge is 0.301 e. The van der Waals surface area contributed by atoms with Gasteiger partial charge >= 0.3 is 6.08 Å². The largest absolute Gasteiger partial charge is 0.303 e. The van der Waals surface area contributed by atoms with Crippen LogP contribution in [0.15, 0.2) is 22.4 Å². The molecule has 2 nitrogen and oxygen atoms in total. The van der Waals surface area contributed by atoms with E-state index >= 15 is 0 Å². The fraction of sp³-hybridized carbons (Fsp3) is 0.333. The molecule has 0 aliphatic carbocycles. The predicted octanol–water partition coefficient (Wildman–Crippen LogP) is 3.44. The molecule has 7 heteroatoms. The molecular formula is C9H8F3NOS2. The molecule has 0 amide bonds. The number of halogens is 3. The standard InChI is InChI=1S/C9H8F3NOS2/c10-7(8(11)12)2-4-15-9-13-5-6(16-9)1-3-14/h3,5H,1-2,4H2. The number of nitrogens with zero attached hydrogens (tertiary/aromatic N) is 1. The fourth-order valence-electron chi connectivity index (χ4n) is 0.855. The molecule has 0 atom stereocenters. The molecule has 1 heterocycles. The van der Waals surface area contributed by atoms with Gasteiger partial charge in [-0.3, -0.25) is 0 Å². The van der Waals surface area contributed by atoms with Gasteiger partial charge in [0.2, 0.25) is 0 Å². The Morgan fingerprint density at radius 1 is 1.50 bits per heavy atom. The Morgan fingerprint density at radius 2 is 2.25 bits per heavy atom. The Hall–Kier alpha value is -0.820. The molecule has 0 aromatic carbocycles. The van der Waals surface area contributed by atoms with Crippen LogP contribution >= 0.6 is 23.1 Å². The highest BCUT2D eigenvalue weighted by molar-refractivity contribution is 8.01. The minimum atomic E-state index is -2.26. The van der Waals surface area contributed by atoms with Gasteiger partial charge in [-0.2, -0.15) is 8.78 Å². The second-order valence-electron chi connectivity index (χ2n) is 2.73. The molecule has 0 radical (unpaired) electrons. The van der Waals surface area contributed by atoms with Gasteiger partial charge in [-0.25, -0.2) is 9.37 Å². The molecule has 0 fully saturated rings. The first-order chi connectivity index (χ1) is 7.63. The summed E-state index contributed by atoms with van der Waals surface area (Å²) in [6.07, 6.45) is 0.0503. The topological polar surface area (TPSA) is 30.0 Å². The molecule has 1 aromatic heterocycles. The van der Waals surface area contributed by atoms with E-state index in [1.54, 1.807) is 6.20 Å². The highest BCUT2D eigenvalue weighted by Crippen LogP contribution is 2.26. The average Bonchev–Trinajstić information content (AvgIpc) is 2.66. The summed E-state index contributed by atoms with van der Waals surface area (Å²) >= 11 is 2.51. The van der Waals surface area contributed by atoms with Crippen molar-refractivity contribution in [2.24, 2.45) is 0 Å². The van der Waals surface area contributed by atoms with Crippen LogP contribution in [-0.4, -0.2) is 17.0 Å². The van der Waals surface area contributed by atoms with Gasteiger partial charge in [0, 0.05) is 29.7 Å². The highest BCUT2D eigenvalue weighted by Gasteiger charge is 2.07. The van der Waals surface area contributed by atoms with Gasteiger partial charge in [-0.15, -0.1) is 11.3 Å². The Balaban J connectivity index is 2.37. The first kappa shape index (κ1) is 13.2. The number of rotatable bonds is 6. The number of aldehydes is 1. The van der Waals surface area contributed by atoms with Gasteiger partial charge in [0.25, 0.3) is 0 Å². The van der Waals surface area contributed by atoms with E-state index in [4.69, 9.17) is 0 Å². The summed E-state index contributed by atoms with van der Waals surface area (Å²) in [5, 5.41) is 0. The van der Waals surface area contributed by atoms with Crippen LogP contribution in [0, 0.1) is 0 Å². The summed E-state index contributed by atoms with van der Waals surface area (Å²) in [5.74, 6) is -1.17. The van der Waals surface area contributed by atoms with E-state index in [0.717, 1.165) is 11.2 Å². The minimum Gasteiger partial charge on any atom is -0.303 e. The maximum atomic E-state index is 12.4. The van der Waals surface area contributed by atoms with E-state index in [0.29, 0.717) is 10.8 Å². The van der Waals surface area contributed by atoms with Crippen LogP contribution in [0.2, 0.25) is 0 Å². The first-order valence-corrected chi connectivity index (χ1v) is 6.14. The number of allylic oxidation sites excluding steroid dienone is 1. The third-order valence-electron chi connectivity index (χ3n) is 1.57. The zero-order chi connectivity index (χ0) is 12.0. The average molecular weight is 267 g/mol. The number of carbonyl (C=O) groups is 1. The molecule has 16 heavy (non-hydrogen) atoms. The van der Waals surface area contributed by atoms with Crippen molar-refractivity contribution in [1.82, 2.24) is 4.98 Å². The third kappa shape index (κ3) is 4.36. The van der Waals surface area contributed by atoms with Crippen molar-refractivity contribution in [3.8, 4) is 0 Å². The van der Waals surface area contributed by atoms with E-state index in [9.17, 15) is 18.0 Å².